The van der Waals surface area contributed by atoms with Crippen molar-refractivity contribution in [1.29, 1.82) is 0 Å². The Morgan fingerprint density at radius 1 is 1.17 bits per heavy atom. The van der Waals surface area contributed by atoms with Crippen LogP contribution in [0.1, 0.15) is 12.8 Å². The van der Waals surface area contributed by atoms with E-state index in [1.54, 1.807) is 12.1 Å². The third-order valence-corrected chi connectivity index (χ3v) is 5.46. The molecule has 3 heterocycles. The van der Waals surface area contributed by atoms with Gasteiger partial charge in [0, 0.05) is 40.0 Å². The summed E-state index contributed by atoms with van der Waals surface area (Å²) in [5.41, 5.74) is 0. The van der Waals surface area contributed by atoms with E-state index >= 15 is 0 Å². The molecule has 0 bridgehead atoms. The number of ether oxygens (including phenoxy) is 2. The summed E-state index contributed by atoms with van der Waals surface area (Å²) < 4.78 is 38.3. The number of piperidine rings is 1. The van der Waals surface area contributed by atoms with Crippen LogP contribution in [0.2, 0.25) is 0 Å². The lowest BCUT2D eigenvalue weighted by Crippen LogP contribution is -2.45. The van der Waals surface area contributed by atoms with Gasteiger partial charge in [0.2, 0.25) is 0 Å². The number of nitrogens with zero attached hydrogens (tertiary/aromatic N) is 4. The van der Waals surface area contributed by atoms with Crippen LogP contribution in [0.25, 0.3) is 0 Å². The third kappa shape index (κ3) is 3.55. The Morgan fingerprint density at radius 2 is 1.83 bits per heavy atom. The molecule has 0 aliphatic carbocycles. The largest absolute Gasteiger partial charge is 0.355 e. The second-order valence-corrected chi connectivity index (χ2v) is 7.65. The van der Waals surface area contributed by atoms with E-state index in [0.29, 0.717) is 19.0 Å². The fourth-order valence-electron chi connectivity index (χ4n) is 2.63. The molecule has 1 aromatic rings. The van der Waals surface area contributed by atoms with E-state index in [0.717, 1.165) is 30.2 Å². The van der Waals surface area contributed by atoms with Crippen LogP contribution in [-0.4, -0.2) is 69.1 Å². The van der Waals surface area contributed by atoms with Gasteiger partial charge in [-0.1, -0.05) is 0 Å². The Kier molecular flexibility index (Phi) is 4.41. The summed E-state index contributed by atoms with van der Waals surface area (Å²) in [4.78, 5) is 2.09. The van der Waals surface area contributed by atoms with Crippen molar-refractivity contribution in [3.8, 4) is 0 Å². The summed E-state index contributed by atoms with van der Waals surface area (Å²) in [5, 5.41) is 8.05. The van der Waals surface area contributed by atoms with Crippen molar-refractivity contribution in [3.63, 3.8) is 0 Å². The van der Waals surface area contributed by atoms with Gasteiger partial charge in [-0.2, -0.15) is 12.7 Å². The number of anilines is 2. The van der Waals surface area contributed by atoms with Crippen LogP contribution < -0.4 is 9.62 Å². The van der Waals surface area contributed by atoms with E-state index in [4.69, 9.17) is 9.47 Å². The summed E-state index contributed by atoms with van der Waals surface area (Å²) in [6.45, 7) is 2.83. The number of nitrogens with one attached hydrogen (secondary N) is 1. The highest BCUT2D eigenvalue weighted by atomic mass is 32.2. The van der Waals surface area contributed by atoms with E-state index in [1.807, 2.05) is 0 Å². The van der Waals surface area contributed by atoms with Crippen LogP contribution >= 0.6 is 0 Å². The minimum atomic E-state index is -3.57. The molecule has 0 atom stereocenters. The van der Waals surface area contributed by atoms with Gasteiger partial charge in [0.1, 0.15) is 0 Å². The quantitative estimate of drug-likeness (QED) is 0.824. The fraction of sp³-hybridized carbons (Fsp3) is 0.692. The number of hydrogen-bond acceptors (Lipinski definition) is 7. The van der Waals surface area contributed by atoms with Gasteiger partial charge in [-0.3, -0.25) is 4.72 Å². The zero-order valence-corrected chi connectivity index (χ0v) is 14.0. The molecule has 0 aromatic carbocycles. The Hall–Kier alpha value is -1.49. The highest BCUT2D eigenvalue weighted by molar-refractivity contribution is 7.90. The van der Waals surface area contributed by atoms with Crippen LogP contribution in [0.3, 0.4) is 0 Å². The molecule has 0 unspecified atom stereocenters. The molecular weight excluding hydrogens is 322 g/mol. The van der Waals surface area contributed by atoms with E-state index in [-0.39, 0.29) is 5.82 Å². The van der Waals surface area contributed by atoms with Crippen molar-refractivity contribution in [2.75, 3.05) is 50.0 Å². The van der Waals surface area contributed by atoms with Crippen molar-refractivity contribution in [3.05, 3.63) is 12.1 Å². The van der Waals surface area contributed by atoms with Crippen molar-refractivity contribution in [1.82, 2.24) is 14.5 Å². The second kappa shape index (κ2) is 6.19. The van der Waals surface area contributed by atoms with Gasteiger partial charge in [0.25, 0.3) is 0 Å². The second-order valence-electron chi connectivity index (χ2n) is 5.76. The predicted octanol–water partition coefficient (Wildman–Crippen LogP) is 0.0382. The monoisotopic (exact) mass is 343 g/mol. The van der Waals surface area contributed by atoms with Crippen molar-refractivity contribution in [2.24, 2.45) is 0 Å². The molecule has 9 nitrogen and oxygen atoms in total. The normalized spacial score (nSPS) is 21.1. The summed E-state index contributed by atoms with van der Waals surface area (Å²) in [7, 11) is -0.679. The molecule has 1 spiro atoms. The Bertz CT molecular complexity index is 633. The topological polar surface area (TPSA) is 96.9 Å². The molecular formula is C13H21N5O4S. The number of hydrogen-bond donors (Lipinski definition) is 1. The summed E-state index contributed by atoms with van der Waals surface area (Å²) >= 11 is 0. The molecule has 23 heavy (non-hydrogen) atoms. The first-order valence-corrected chi connectivity index (χ1v) is 8.91. The lowest BCUT2D eigenvalue weighted by atomic mass is 10.0. The molecule has 1 aromatic heterocycles. The minimum absolute atomic E-state index is 0.193. The van der Waals surface area contributed by atoms with Crippen LogP contribution in [0, 0.1) is 0 Å². The maximum Gasteiger partial charge on any atom is 0.302 e. The molecule has 3 rings (SSSR count). The van der Waals surface area contributed by atoms with Gasteiger partial charge in [-0.25, -0.2) is 0 Å². The molecule has 1 N–H and O–H groups in total. The van der Waals surface area contributed by atoms with Gasteiger partial charge in [-0.15, -0.1) is 10.2 Å². The van der Waals surface area contributed by atoms with E-state index < -0.39 is 16.0 Å². The predicted molar refractivity (Wildman–Crippen MR) is 84.3 cm³/mol. The van der Waals surface area contributed by atoms with Crippen molar-refractivity contribution < 1.29 is 17.9 Å². The highest BCUT2D eigenvalue weighted by Crippen LogP contribution is 2.32. The molecule has 0 radical (unpaired) electrons. The molecule has 0 saturated carbocycles. The average Bonchev–Trinajstić information content (AvgIpc) is 2.97. The molecule has 2 fully saturated rings. The average molecular weight is 343 g/mol. The van der Waals surface area contributed by atoms with Crippen molar-refractivity contribution in [2.45, 2.75) is 18.6 Å². The molecule has 128 valence electrons. The van der Waals surface area contributed by atoms with Crippen molar-refractivity contribution >= 4 is 21.8 Å². The van der Waals surface area contributed by atoms with Crippen LogP contribution in [0.15, 0.2) is 12.1 Å². The van der Waals surface area contributed by atoms with Gasteiger partial charge >= 0.3 is 10.2 Å². The summed E-state index contributed by atoms with van der Waals surface area (Å²) in [6, 6.07) is 3.37. The minimum Gasteiger partial charge on any atom is -0.355 e. The smallest absolute Gasteiger partial charge is 0.302 e. The fourth-order valence-corrected chi connectivity index (χ4v) is 3.19. The highest BCUT2D eigenvalue weighted by Gasteiger charge is 2.40. The summed E-state index contributed by atoms with van der Waals surface area (Å²) in [5.74, 6) is 0.481. The van der Waals surface area contributed by atoms with E-state index in [1.165, 1.54) is 14.1 Å². The van der Waals surface area contributed by atoms with Gasteiger partial charge in [0.15, 0.2) is 17.4 Å². The third-order valence-electron chi connectivity index (χ3n) is 4.03. The first-order valence-electron chi connectivity index (χ1n) is 7.47. The standard InChI is InChI=1S/C13H21N5O4S/c1-17(2)23(19,20)16-11-3-4-12(15-14-11)18-7-5-13(6-8-18)21-9-10-22-13/h3-4H,5-10H2,1-2H3,(H,14,16). The van der Waals surface area contributed by atoms with Gasteiger partial charge in [0.05, 0.1) is 13.2 Å². The molecule has 2 saturated heterocycles. The van der Waals surface area contributed by atoms with E-state index in [2.05, 4.69) is 19.8 Å². The summed E-state index contributed by atoms with van der Waals surface area (Å²) in [6.07, 6.45) is 1.56. The lowest BCUT2D eigenvalue weighted by Gasteiger charge is -2.37. The SMILES string of the molecule is CN(C)S(=O)(=O)Nc1ccc(N2CCC3(CC2)OCCO3)nn1. The van der Waals surface area contributed by atoms with Gasteiger partial charge < -0.3 is 14.4 Å². The molecule has 10 heteroatoms. The zero-order valence-electron chi connectivity index (χ0n) is 13.2. The van der Waals surface area contributed by atoms with Gasteiger partial charge in [-0.05, 0) is 12.1 Å². The molecule has 0 amide bonds. The lowest BCUT2D eigenvalue weighted by molar-refractivity contribution is -0.169. The Balaban J connectivity index is 1.62. The first-order chi connectivity index (χ1) is 10.9. The maximum atomic E-state index is 11.7. The zero-order chi connectivity index (χ0) is 16.5. The maximum absolute atomic E-state index is 11.7. The molecule has 2 aliphatic rings. The van der Waals surface area contributed by atoms with Crippen LogP contribution in [0.4, 0.5) is 11.6 Å². The molecule has 2 aliphatic heterocycles. The Labute approximate surface area is 135 Å². The number of rotatable bonds is 4. The van der Waals surface area contributed by atoms with Crippen LogP contribution in [0.5, 0.6) is 0 Å². The Morgan fingerprint density at radius 3 is 2.35 bits per heavy atom. The van der Waals surface area contributed by atoms with E-state index in [9.17, 15) is 8.42 Å². The van der Waals surface area contributed by atoms with Crippen LogP contribution in [-0.2, 0) is 19.7 Å². The number of aromatic nitrogens is 2. The first kappa shape index (κ1) is 16.4.